The molecular weight excluding hydrogens is 659 g/mol. The topological polar surface area (TPSA) is 76.5 Å². The number of pyridine rings is 2. The molecule has 0 saturated heterocycles. The molecule has 4 atom stereocenters. The van der Waals surface area contributed by atoms with Crippen LogP contribution in [-0.4, -0.2) is 21.6 Å². The summed E-state index contributed by atoms with van der Waals surface area (Å²) in [5.74, 6) is 1.66. The number of amidine groups is 2. The van der Waals surface area contributed by atoms with Gasteiger partial charge >= 0.3 is 0 Å². The zero-order valence-corrected chi connectivity index (χ0v) is 31.4. The zero-order chi connectivity index (χ0) is 37.1. The van der Waals surface area contributed by atoms with Crippen LogP contribution in [0.5, 0.6) is 0 Å². The third kappa shape index (κ3) is 7.06. The molecule has 5 nitrogen and oxygen atoms in total. The Labute approximate surface area is 318 Å². The van der Waals surface area contributed by atoms with E-state index < -0.39 is 0 Å². The van der Waals surface area contributed by atoms with Crippen LogP contribution in [0.3, 0.4) is 0 Å². The Morgan fingerprint density at radius 1 is 0.815 bits per heavy atom. The van der Waals surface area contributed by atoms with Gasteiger partial charge < -0.3 is 5.73 Å². The van der Waals surface area contributed by atoms with E-state index in [0.717, 1.165) is 58.6 Å². The summed E-state index contributed by atoms with van der Waals surface area (Å²) < 4.78 is 0. The van der Waals surface area contributed by atoms with Gasteiger partial charge in [-0.15, -0.1) is 0 Å². The highest BCUT2D eigenvalue weighted by molar-refractivity contribution is 6.07. The number of fused-ring (bicyclic) bond motifs is 2. The number of allylic oxidation sites excluding steroid dienone is 1. The van der Waals surface area contributed by atoms with Crippen LogP contribution in [0, 0.1) is 11.8 Å². The summed E-state index contributed by atoms with van der Waals surface area (Å²) in [7, 11) is 0. The monoisotopic (exact) mass is 705 g/mol. The Kier molecular flexibility index (Phi) is 9.88. The van der Waals surface area contributed by atoms with E-state index in [9.17, 15) is 0 Å². The molecule has 0 fully saturated rings. The zero-order valence-electron chi connectivity index (χ0n) is 31.4. The summed E-state index contributed by atoms with van der Waals surface area (Å²) in [6, 6.07) is 42.6. The number of aromatic nitrogens is 2. The van der Waals surface area contributed by atoms with Crippen LogP contribution < -0.4 is 16.3 Å². The molecule has 2 N–H and O–H groups in total. The maximum Gasteiger partial charge on any atom is 0.157 e. The second-order valence-electron chi connectivity index (χ2n) is 15.0. The Balaban J connectivity index is 1.13. The number of nitrogens with zero attached hydrogens (tertiary/aromatic N) is 4. The maximum atomic E-state index is 6.93. The molecule has 0 saturated carbocycles. The first-order valence-corrected chi connectivity index (χ1v) is 19.3. The smallest absolute Gasteiger partial charge is 0.157 e. The van der Waals surface area contributed by atoms with Gasteiger partial charge in [0.1, 0.15) is 5.84 Å². The molecule has 0 amide bonds. The lowest BCUT2D eigenvalue weighted by atomic mass is 9.72. The summed E-state index contributed by atoms with van der Waals surface area (Å²) in [5.41, 5.74) is 16.1. The molecular formula is C49H47N5. The number of hydrogen-bond acceptors (Lipinski definition) is 3. The summed E-state index contributed by atoms with van der Waals surface area (Å²) in [5, 5.41) is 3.47. The predicted octanol–water partition coefficient (Wildman–Crippen LogP) is 9.50. The number of benzene rings is 4. The number of aliphatic imine (C=N–C) groups is 2. The molecule has 0 spiro atoms. The molecule has 4 aromatic carbocycles. The number of hydrogen-bond donors (Lipinski definition) is 1. The molecule has 2 aromatic heterocycles. The van der Waals surface area contributed by atoms with E-state index in [1.165, 1.54) is 27.5 Å². The minimum absolute atomic E-state index is 0.0115. The Morgan fingerprint density at radius 2 is 1.54 bits per heavy atom. The van der Waals surface area contributed by atoms with E-state index in [0.29, 0.717) is 17.6 Å². The first-order valence-electron chi connectivity index (χ1n) is 19.3. The Bertz CT molecular complexity index is 2490. The van der Waals surface area contributed by atoms with Crippen molar-refractivity contribution in [3.05, 3.63) is 179 Å². The van der Waals surface area contributed by atoms with Crippen molar-refractivity contribution in [2.45, 2.75) is 57.9 Å². The third-order valence-electron chi connectivity index (χ3n) is 11.3. The molecule has 0 radical (unpaired) electrons. The first kappa shape index (κ1) is 35.1. The molecule has 0 bridgehead atoms. The summed E-state index contributed by atoms with van der Waals surface area (Å²) in [6.07, 6.45) is 14.3. The SMILES string of the molecule is CCC(N=C(N=C(N)C1C=CC(C)(c2cccc3cccnc23)CC1)c1ccc(-c2ccccc2)cc1)c1ccc(C2=c3ncccc3=CCC2C)cc1. The van der Waals surface area contributed by atoms with Crippen molar-refractivity contribution in [2.75, 3.05) is 0 Å². The largest absolute Gasteiger partial charge is 0.387 e. The fourth-order valence-electron chi connectivity index (χ4n) is 8.13. The van der Waals surface area contributed by atoms with E-state index in [2.05, 4.69) is 142 Å². The second-order valence-corrected chi connectivity index (χ2v) is 15.0. The lowest BCUT2D eigenvalue weighted by molar-refractivity contribution is 0.471. The van der Waals surface area contributed by atoms with Crippen molar-refractivity contribution in [3.8, 4) is 11.1 Å². The van der Waals surface area contributed by atoms with Crippen LogP contribution in [0.15, 0.2) is 156 Å². The van der Waals surface area contributed by atoms with Crippen LogP contribution in [-0.2, 0) is 5.41 Å². The number of para-hydroxylation sites is 1. The van der Waals surface area contributed by atoms with Gasteiger partial charge in [0.25, 0.3) is 0 Å². The molecule has 4 unspecified atom stereocenters. The van der Waals surface area contributed by atoms with Crippen LogP contribution in [0.1, 0.15) is 74.8 Å². The van der Waals surface area contributed by atoms with Gasteiger partial charge in [0, 0.05) is 34.7 Å². The van der Waals surface area contributed by atoms with E-state index in [1.54, 1.807) is 0 Å². The standard InChI is InChI=1S/C49H47N5/c1-4-43(36-21-23-37(24-22-36)44-33(2)17-18-39-15-10-32-52-46(39)44)53-48(41-25-19-35(20-26-41)34-11-6-5-7-12-34)54-47(50)40-27-29-49(3,30-28-40)42-16-8-13-38-14-9-31-51-45(38)42/h5-16,18-27,29,31-33,40,43H,4,17,28,30H2,1-3H3,(H2,50,53,54). The molecule has 268 valence electrons. The van der Waals surface area contributed by atoms with Gasteiger partial charge in [-0.05, 0) is 82.3 Å². The van der Waals surface area contributed by atoms with Gasteiger partial charge in [-0.25, -0.2) is 4.99 Å². The van der Waals surface area contributed by atoms with Crippen LogP contribution in [0.2, 0.25) is 0 Å². The molecule has 2 aliphatic carbocycles. The minimum atomic E-state index is -0.140. The van der Waals surface area contributed by atoms with Crippen LogP contribution >= 0.6 is 0 Å². The van der Waals surface area contributed by atoms with Crippen molar-refractivity contribution in [1.82, 2.24) is 9.97 Å². The van der Waals surface area contributed by atoms with E-state index in [4.69, 9.17) is 25.7 Å². The highest BCUT2D eigenvalue weighted by atomic mass is 15.0. The maximum absolute atomic E-state index is 6.93. The van der Waals surface area contributed by atoms with Crippen molar-refractivity contribution in [1.29, 1.82) is 0 Å². The molecule has 8 rings (SSSR count). The quantitative estimate of drug-likeness (QED) is 0.0974. The molecule has 2 aliphatic rings. The second kappa shape index (κ2) is 15.2. The van der Waals surface area contributed by atoms with Crippen molar-refractivity contribution in [2.24, 2.45) is 27.6 Å². The Morgan fingerprint density at radius 3 is 2.30 bits per heavy atom. The molecule has 54 heavy (non-hydrogen) atoms. The van der Waals surface area contributed by atoms with Crippen molar-refractivity contribution < 1.29 is 0 Å². The van der Waals surface area contributed by atoms with Gasteiger partial charge in [0.05, 0.1) is 16.9 Å². The minimum Gasteiger partial charge on any atom is -0.387 e. The molecule has 5 heteroatoms. The highest BCUT2D eigenvalue weighted by Gasteiger charge is 2.31. The van der Waals surface area contributed by atoms with Gasteiger partial charge in [-0.3, -0.25) is 15.0 Å². The fraction of sp³-hybridized carbons (Fsp3) is 0.224. The molecule has 2 heterocycles. The van der Waals surface area contributed by atoms with Gasteiger partial charge in [0.2, 0.25) is 0 Å². The highest BCUT2D eigenvalue weighted by Crippen LogP contribution is 2.39. The van der Waals surface area contributed by atoms with E-state index in [-0.39, 0.29) is 17.4 Å². The Hall–Kier alpha value is -5.94. The fourth-order valence-corrected chi connectivity index (χ4v) is 8.13. The van der Waals surface area contributed by atoms with E-state index >= 15 is 0 Å². The summed E-state index contributed by atoms with van der Waals surface area (Å²) in [4.78, 5) is 20.0. The summed E-state index contributed by atoms with van der Waals surface area (Å²) >= 11 is 0. The van der Waals surface area contributed by atoms with Gasteiger partial charge in [-0.1, -0.05) is 148 Å². The lowest BCUT2D eigenvalue weighted by Gasteiger charge is -2.33. The molecule has 6 aromatic rings. The average Bonchev–Trinajstić information content (AvgIpc) is 3.23. The van der Waals surface area contributed by atoms with Crippen LogP contribution in [0.25, 0.3) is 33.7 Å². The summed E-state index contributed by atoms with van der Waals surface area (Å²) in [6.45, 7) is 6.78. The van der Waals surface area contributed by atoms with Gasteiger partial charge in [0.15, 0.2) is 5.84 Å². The average molecular weight is 706 g/mol. The number of nitrogens with two attached hydrogens (primary N) is 1. The predicted molar refractivity (Wildman–Crippen MR) is 225 cm³/mol. The number of rotatable bonds is 8. The molecule has 0 aliphatic heterocycles. The van der Waals surface area contributed by atoms with Crippen LogP contribution in [0.4, 0.5) is 0 Å². The first-order chi connectivity index (χ1) is 26.4. The lowest BCUT2D eigenvalue weighted by Crippen LogP contribution is -2.35. The van der Waals surface area contributed by atoms with Crippen molar-refractivity contribution >= 4 is 34.2 Å². The third-order valence-corrected chi connectivity index (χ3v) is 11.3. The van der Waals surface area contributed by atoms with E-state index in [1.807, 2.05) is 30.6 Å². The van der Waals surface area contributed by atoms with Gasteiger partial charge in [-0.2, -0.15) is 0 Å². The van der Waals surface area contributed by atoms with Crippen molar-refractivity contribution in [3.63, 3.8) is 0 Å². The normalized spacial score (nSPS) is 20.7.